The van der Waals surface area contributed by atoms with Gasteiger partial charge in [0, 0.05) is 33.8 Å². The third-order valence-corrected chi connectivity index (χ3v) is 4.17. The highest BCUT2D eigenvalue weighted by molar-refractivity contribution is 9.10. The lowest BCUT2D eigenvalue weighted by atomic mass is 10.2. The summed E-state index contributed by atoms with van der Waals surface area (Å²) in [6, 6.07) is 3.49. The van der Waals surface area contributed by atoms with E-state index in [-0.39, 0.29) is 11.1 Å². The number of fused-ring (bicyclic) bond motifs is 2. The number of hydrogen-bond donors (Lipinski definition) is 1. The van der Waals surface area contributed by atoms with Crippen LogP contribution in [0, 0.1) is 0 Å². The number of aromatic nitrogens is 5. The van der Waals surface area contributed by atoms with E-state index in [0.29, 0.717) is 32.0 Å². The monoisotopic (exact) mass is 369 g/mol. The van der Waals surface area contributed by atoms with Crippen LogP contribution < -0.4 is 11.1 Å². The maximum Gasteiger partial charge on any atom is 0.281 e. The van der Waals surface area contributed by atoms with Crippen molar-refractivity contribution in [3.63, 3.8) is 0 Å². The molecule has 0 bridgehead atoms. The Morgan fingerprint density at radius 3 is 2.87 bits per heavy atom. The Labute approximate surface area is 136 Å². The number of aromatic amines is 1. The molecule has 7 nitrogen and oxygen atoms in total. The van der Waals surface area contributed by atoms with Crippen molar-refractivity contribution in [1.82, 2.24) is 24.5 Å². The van der Waals surface area contributed by atoms with E-state index in [1.54, 1.807) is 30.7 Å². The van der Waals surface area contributed by atoms with Gasteiger partial charge in [-0.2, -0.15) is 0 Å². The van der Waals surface area contributed by atoms with E-state index < -0.39 is 0 Å². The van der Waals surface area contributed by atoms with Crippen LogP contribution in [0.15, 0.2) is 57.3 Å². The van der Waals surface area contributed by atoms with Gasteiger partial charge in [0.15, 0.2) is 0 Å². The zero-order chi connectivity index (χ0) is 16.0. The van der Waals surface area contributed by atoms with Crippen molar-refractivity contribution in [2.75, 3.05) is 0 Å². The van der Waals surface area contributed by atoms with E-state index in [9.17, 15) is 9.59 Å². The van der Waals surface area contributed by atoms with Crippen molar-refractivity contribution in [2.24, 2.45) is 0 Å². The first-order chi connectivity index (χ1) is 11.1. The Morgan fingerprint density at radius 1 is 1.13 bits per heavy atom. The van der Waals surface area contributed by atoms with Gasteiger partial charge >= 0.3 is 0 Å². The minimum absolute atomic E-state index is 0.271. The summed E-state index contributed by atoms with van der Waals surface area (Å²) in [5.74, 6) is 0. The molecule has 23 heavy (non-hydrogen) atoms. The molecular formula is C15H8BrN5O2. The van der Waals surface area contributed by atoms with Crippen LogP contribution >= 0.6 is 15.9 Å². The zero-order valence-corrected chi connectivity index (χ0v) is 13.1. The van der Waals surface area contributed by atoms with E-state index in [0.717, 1.165) is 0 Å². The van der Waals surface area contributed by atoms with Crippen LogP contribution in [0.1, 0.15) is 0 Å². The van der Waals surface area contributed by atoms with Crippen LogP contribution in [0.5, 0.6) is 0 Å². The summed E-state index contributed by atoms with van der Waals surface area (Å²) in [6.45, 7) is 0. The first kappa shape index (κ1) is 13.8. The minimum Gasteiger partial charge on any atom is -0.326 e. The van der Waals surface area contributed by atoms with Crippen LogP contribution in [-0.2, 0) is 0 Å². The Morgan fingerprint density at radius 2 is 2.00 bits per heavy atom. The Balaban J connectivity index is 2.03. The van der Waals surface area contributed by atoms with E-state index >= 15 is 0 Å². The smallest absolute Gasteiger partial charge is 0.281 e. The highest BCUT2D eigenvalue weighted by Crippen LogP contribution is 2.21. The lowest BCUT2D eigenvalue weighted by Gasteiger charge is -2.08. The SMILES string of the molecule is O=c1[nH]cc(Br)c2cc(-n3ccc4cncnc4c3=O)cnc12. The van der Waals surface area contributed by atoms with E-state index in [4.69, 9.17) is 0 Å². The largest absolute Gasteiger partial charge is 0.326 e. The highest BCUT2D eigenvalue weighted by Gasteiger charge is 2.09. The van der Waals surface area contributed by atoms with Gasteiger partial charge in [0.05, 0.1) is 11.9 Å². The number of nitrogens with zero attached hydrogens (tertiary/aromatic N) is 4. The van der Waals surface area contributed by atoms with Gasteiger partial charge in [-0.25, -0.2) is 15.0 Å². The summed E-state index contributed by atoms with van der Waals surface area (Å²) in [7, 11) is 0. The molecule has 4 aromatic rings. The molecule has 0 atom stereocenters. The summed E-state index contributed by atoms with van der Waals surface area (Å²) in [5.41, 5.74) is 0.626. The molecule has 8 heteroatoms. The number of pyridine rings is 3. The van der Waals surface area contributed by atoms with Crippen molar-refractivity contribution >= 4 is 37.7 Å². The second-order valence-corrected chi connectivity index (χ2v) is 5.73. The molecule has 4 aromatic heterocycles. The molecule has 0 aliphatic rings. The van der Waals surface area contributed by atoms with Gasteiger partial charge in [0.2, 0.25) is 0 Å². The first-order valence-corrected chi connectivity index (χ1v) is 7.43. The summed E-state index contributed by atoms with van der Waals surface area (Å²) >= 11 is 3.38. The summed E-state index contributed by atoms with van der Waals surface area (Å²) in [4.78, 5) is 39.1. The molecule has 4 rings (SSSR count). The summed E-state index contributed by atoms with van der Waals surface area (Å²) in [6.07, 6.45) is 7.59. The van der Waals surface area contributed by atoms with Gasteiger partial charge in [-0.15, -0.1) is 0 Å². The molecule has 0 radical (unpaired) electrons. The molecule has 0 saturated carbocycles. The van der Waals surface area contributed by atoms with Crippen molar-refractivity contribution in [3.8, 4) is 5.69 Å². The van der Waals surface area contributed by atoms with Crippen LogP contribution in [0.2, 0.25) is 0 Å². The van der Waals surface area contributed by atoms with Crippen molar-refractivity contribution in [1.29, 1.82) is 0 Å². The third kappa shape index (κ3) is 2.15. The van der Waals surface area contributed by atoms with E-state index in [1.807, 2.05) is 0 Å². The minimum atomic E-state index is -0.284. The van der Waals surface area contributed by atoms with Crippen LogP contribution in [0.3, 0.4) is 0 Å². The predicted molar refractivity (Wildman–Crippen MR) is 88.8 cm³/mol. The number of nitrogens with one attached hydrogen (secondary N) is 1. The van der Waals surface area contributed by atoms with Gasteiger partial charge in [-0.3, -0.25) is 14.2 Å². The molecule has 0 aliphatic carbocycles. The summed E-state index contributed by atoms with van der Waals surface area (Å²) < 4.78 is 2.13. The second-order valence-electron chi connectivity index (χ2n) is 4.87. The Bertz CT molecular complexity index is 1180. The normalized spacial score (nSPS) is 11.2. The molecule has 0 saturated heterocycles. The topological polar surface area (TPSA) is 93.5 Å². The quantitative estimate of drug-likeness (QED) is 0.551. The lowest BCUT2D eigenvalue weighted by molar-refractivity contribution is 0.988. The van der Waals surface area contributed by atoms with Crippen LogP contribution in [0.25, 0.3) is 27.5 Å². The lowest BCUT2D eigenvalue weighted by Crippen LogP contribution is -2.19. The maximum atomic E-state index is 12.6. The maximum absolute atomic E-state index is 12.6. The molecule has 0 fully saturated rings. The fourth-order valence-corrected chi connectivity index (χ4v) is 2.82. The standard InChI is InChI=1S/C15H8BrN5O2/c16-11-6-19-14(22)13-10(11)3-9(5-18-13)21-2-1-8-4-17-7-20-12(8)15(21)23/h1-7H,(H,19,22). The molecule has 0 aromatic carbocycles. The van der Waals surface area contributed by atoms with Crippen molar-refractivity contribution in [3.05, 3.63) is 68.4 Å². The average Bonchev–Trinajstić information content (AvgIpc) is 2.59. The van der Waals surface area contributed by atoms with Gasteiger partial charge in [-0.05, 0) is 28.1 Å². The molecule has 0 aliphatic heterocycles. The number of H-pyrrole nitrogens is 1. The summed E-state index contributed by atoms with van der Waals surface area (Å²) in [5, 5.41) is 1.29. The Kier molecular flexibility index (Phi) is 3.05. The molecule has 0 amide bonds. The van der Waals surface area contributed by atoms with Gasteiger partial charge in [0.25, 0.3) is 11.1 Å². The predicted octanol–water partition coefficient (Wildman–Crippen LogP) is 1.78. The zero-order valence-electron chi connectivity index (χ0n) is 11.5. The van der Waals surface area contributed by atoms with Gasteiger partial charge in [-0.1, -0.05) is 0 Å². The number of halogens is 1. The fraction of sp³-hybridized carbons (Fsp3) is 0. The number of hydrogen-bond acceptors (Lipinski definition) is 5. The average molecular weight is 370 g/mol. The fourth-order valence-electron chi connectivity index (χ4n) is 2.40. The Hall–Kier alpha value is -2.87. The number of rotatable bonds is 1. The molecule has 1 N–H and O–H groups in total. The van der Waals surface area contributed by atoms with Crippen molar-refractivity contribution in [2.45, 2.75) is 0 Å². The molecule has 0 spiro atoms. The van der Waals surface area contributed by atoms with E-state index in [1.165, 1.54) is 17.1 Å². The molecular weight excluding hydrogens is 362 g/mol. The second kappa shape index (κ2) is 5.10. The molecule has 112 valence electrons. The third-order valence-electron chi connectivity index (χ3n) is 3.52. The molecule has 4 heterocycles. The van der Waals surface area contributed by atoms with Gasteiger partial charge in [0.1, 0.15) is 17.4 Å². The highest BCUT2D eigenvalue weighted by atomic mass is 79.9. The van der Waals surface area contributed by atoms with Crippen LogP contribution in [-0.4, -0.2) is 24.5 Å². The van der Waals surface area contributed by atoms with Gasteiger partial charge < -0.3 is 4.98 Å². The van der Waals surface area contributed by atoms with E-state index in [2.05, 4.69) is 35.9 Å². The van der Waals surface area contributed by atoms with Crippen molar-refractivity contribution < 1.29 is 0 Å². The molecule has 0 unspecified atom stereocenters. The van der Waals surface area contributed by atoms with Crippen LogP contribution in [0.4, 0.5) is 0 Å². The first-order valence-electron chi connectivity index (χ1n) is 6.64.